The normalized spacial score (nSPS) is 12.3. The van der Waals surface area contributed by atoms with Crippen molar-refractivity contribution in [2.75, 3.05) is 6.61 Å². The lowest BCUT2D eigenvalue weighted by Crippen LogP contribution is -2.10. The Balaban J connectivity index is 1.71. The van der Waals surface area contributed by atoms with Crippen molar-refractivity contribution in [3.05, 3.63) is 66.0 Å². The first-order chi connectivity index (χ1) is 10.6. The standard InChI is InChI=1S/C16H12F2N2O2/c17-12-3-1-10(7-13(12)18)16(21)9-22-11-2-4-14-15(8-11)20-6-5-19-14/h1-8,16,21H,9H2. The van der Waals surface area contributed by atoms with Gasteiger partial charge in [-0.25, -0.2) is 8.78 Å². The summed E-state index contributed by atoms with van der Waals surface area (Å²) in [5.41, 5.74) is 1.65. The quantitative estimate of drug-likeness (QED) is 0.805. The third kappa shape index (κ3) is 3.01. The van der Waals surface area contributed by atoms with Gasteiger partial charge in [-0.15, -0.1) is 0 Å². The van der Waals surface area contributed by atoms with E-state index >= 15 is 0 Å². The Morgan fingerprint density at radius 3 is 2.50 bits per heavy atom. The van der Waals surface area contributed by atoms with Gasteiger partial charge in [-0.05, 0) is 29.8 Å². The molecular weight excluding hydrogens is 290 g/mol. The Bertz CT molecular complexity index is 811. The van der Waals surface area contributed by atoms with Gasteiger partial charge < -0.3 is 9.84 Å². The molecule has 112 valence electrons. The van der Waals surface area contributed by atoms with Gasteiger partial charge in [-0.3, -0.25) is 9.97 Å². The largest absolute Gasteiger partial charge is 0.490 e. The molecule has 0 amide bonds. The topological polar surface area (TPSA) is 55.2 Å². The zero-order valence-electron chi connectivity index (χ0n) is 11.4. The maximum Gasteiger partial charge on any atom is 0.159 e. The number of aliphatic hydroxyl groups is 1. The second kappa shape index (κ2) is 6.03. The van der Waals surface area contributed by atoms with Crippen LogP contribution in [0, 0.1) is 11.6 Å². The number of benzene rings is 2. The summed E-state index contributed by atoms with van der Waals surface area (Å²) in [7, 11) is 0. The number of fused-ring (bicyclic) bond motifs is 1. The van der Waals surface area contributed by atoms with E-state index in [2.05, 4.69) is 9.97 Å². The fourth-order valence-corrected chi connectivity index (χ4v) is 2.02. The molecule has 0 saturated heterocycles. The van der Waals surface area contributed by atoms with Crippen LogP contribution in [0.1, 0.15) is 11.7 Å². The van der Waals surface area contributed by atoms with E-state index in [-0.39, 0.29) is 12.2 Å². The molecule has 3 rings (SSSR count). The van der Waals surface area contributed by atoms with Gasteiger partial charge in [0.1, 0.15) is 18.5 Å². The first-order valence-corrected chi connectivity index (χ1v) is 6.60. The highest BCUT2D eigenvalue weighted by Crippen LogP contribution is 2.21. The lowest BCUT2D eigenvalue weighted by atomic mass is 10.1. The average Bonchev–Trinajstić information content (AvgIpc) is 2.55. The second-order valence-corrected chi connectivity index (χ2v) is 4.71. The van der Waals surface area contributed by atoms with Crippen LogP contribution >= 0.6 is 0 Å². The monoisotopic (exact) mass is 302 g/mol. The molecule has 0 aliphatic rings. The molecule has 6 heteroatoms. The van der Waals surface area contributed by atoms with Crippen molar-refractivity contribution in [3.8, 4) is 5.75 Å². The molecule has 0 spiro atoms. The molecule has 0 fully saturated rings. The van der Waals surface area contributed by atoms with Gasteiger partial charge in [-0.1, -0.05) is 6.07 Å². The molecule has 1 heterocycles. The van der Waals surface area contributed by atoms with Crippen molar-refractivity contribution >= 4 is 11.0 Å². The number of hydrogen-bond donors (Lipinski definition) is 1. The van der Waals surface area contributed by atoms with E-state index in [0.29, 0.717) is 11.3 Å². The lowest BCUT2D eigenvalue weighted by molar-refractivity contribution is 0.108. The number of aliphatic hydroxyl groups excluding tert-OH is 1. The van der Waals surface area contributed by atoms with Crippen LogP contribution in [0.25, 0.3) is 11.0 Å². The van der Waals surface area contributed by atoms with Crippen LogP contribution in [0.4, 0.5) is 8.78 Å². The van der Waals surface area contributed by atoms with E-state index in [1.54, 1.807) is 30.6 Å². The van der Waals surface area contributed by atoms with Crippen LogP contribution in [0.15, 0.2) is 48.8 Å². The molecule has 0 radical (unpaired) electrons. The van der Waals surface area contributed by atoms with E-state index < -0.39 is 17.7 Å². The summed E-state index contributed by atoms with van der Waals surface area (Å²) in [6.07, 6.45) is 2.10. The Morgan fingerprint density at radius 2 is 1.73 bits per heavy atom. The van der Waals surface area contributed by atoms with Crippen LogP contribution in [-0.4, -0.2) is 21.7 Å². The van der Waals surface area contributed by atoms with Gasteiger partial charge in [0.05, 0.1) is 11.0 Å². The lowest BCUT2D eigenvalue weighted by Gasteiger charge is -2.13. The van der Waals surface area contributed by atoms with E-state index in [9.17, 15) is 13.9 Å². The number of hydrogen-bond acceptors (Lipinski definition) is 4. The zero-order valence-corrected chi connectivity index (χ0v) is 11.4. The molecule has 0 aliphatic carbocycles. The number of aromatic nitrogens is 2. The summed E-state index contributed by atoms with van der Waals surface area (Å²) in [6.45, 7) is -0.0865. The summed E-state index contributed by atoms with van der Waals surface area (Å²) < 4.78 is 31.5. The predicted octanol–water partition coefficient (Wildman–Crippen LogP) is 3.02. The van der Waals surface area contributed by atoms with Crippen LogP contribution in [0.3, 0.4) is 0 Å². The summed E-state index contributed by atoms with van der Waals surface area (Å²) in [5.74, 6) is -1.45. The molecule has 22 heavy (non-hydrogen) atoms. The molecule has 0 aliphatic heterocycles. The highest BCUT2D eigenvalue weighted by atomic mass is 19.2. The molecular formula is C16H12F2N2O2. The van der Waals surface area contributed by atoms with E-state index in [4.69, 9.17) is 4.74 Å². The summed E-state index contributed by atoms with van der Waals surface area (Å²) in [5, 5.41) is 9.97. The van der Waals surface area contributed by atoms with Gasteiger partial charge in [0.25, 0.3) is 0 Å². The van der Waals surface area contributed by atoms with Gasteiger partial charge in [0.15, 0.2) is 11.6 Å². The van der Waals surface area contributed by atoms with Crippen molar-refractivity contribution in [2.45, 2.75) is 6.10 Å². The Morgan fingerprint density at radius 1 is 0.955 bits per heavy atom. The molecule has 3 aromatic rings. The van der Waals surface area contributed by atoms with Crippen LogP contribution in [0.2, 0.25) is 0 Å². The molecule has 1 aromatic heterocycles. The van der Waals surface area contributed by atoms with Crippen LogP contribution in [0.5, 0.6) is 5.75 Å². The molecule has 4 nitrogen and oxygen atoms in total. The Hall–Kier alpha value is -2.60. The van der Waals surface area contributed by atoms with Gasteiger partial charge in [-0.2, -0.15) is 0 Å². The molecule has 0 saturated carbocycles. The average molecular weight is 302 g/mol. The van der Waals surface area contributed by atoms with Crippen LogP contribution in [-0.2, 0) is 0 Å². The maximum absolute atomic E-state index is 13.1. The number of nitrogens with zero attached hydrogens (tertiary/aromatic N) is 2. The fraction of sp³-hybridized carbons (Fsp3) is 0.125. The summed E-state index contributed by atoms with van der Waals surface area (Å²) in [4.78, 5) is 8.29. The SMILES string of the molecule is OC(COc1ccc2nccnc2c1)c1ccc(F)c(F)c1. The Labute approximate surface area is 125 Å². The smallest absolute Gasteiger partial charge is 0.159 e. The minimum atomic E-state index is -1.06. The van der Waals surface area contributed by atoms with Crippen molar-refractivity contribution < 1.29 is 18.6 Å². The number of rotatable bonds is 4. The number of halogens is 2. The van der Waals surface area contributed by atoms with Gasteiger partial charge >= 0.3 is 0 Å². The third-order valence-corrected chi connectivity index (χ3v) is 3.18. The summed E-state index contributed by atoms with van der Waals surface area (Å²) >= 11 is 0. The number of ether oxygens (including phenoxy) is 1. The molecule has 1 unspecified atom stereocenters. The van der Waals surface area contributed by atoms with Gasteiger partial charge in [0.2, 0.25) is 0 Å². The van der Waals surface area contributed by atoms with E-state index in [0.717, 1.165) is 17.6 Å². The fourth-order valence-electron chi connectivity index (χ4n) is 2.02. The minimum Gasteiger partial charge on any atom is -0.490 e. The van der Waals surface area contributed by atoms with E-state index in [1.807, 2.05) is 0 Å². The first-order valence-electron chi connectivity index (χ1n) is 6.60. The third-order valence-electron chi connectivity index (χ3n) is 3.18. The van der Waals surface area contributed by atoms with Crippen molar-refractivity contribution in [2.24, 2.45) is 0 Å². The molecule has 1 atom stereocenters. The van der Waals surface area contributed by atoms with Crippen molar-refractivity contribution in [3.63, 3.8) is 0 Å². The predicted molar refractivity (Wildman–Crippen MR) is 76.4 cm³/mol. The van der Waals surface area contributed by atoms with Gasteiger partial charge in [0, 0.05) is 18.5 Å². The maximum atomic E-state index is 13.1. The van der Waals surface area contributed by atoms with E-state index in [1.165, 1.54) is 6.07 Å². The van der Waals surface area contributed by atoms with Crippen LogP contribution < -0.4 is 4.74 Å². The molecule has 2 aromatic carbocycles. The van der Waals surface area contributed by atoms with Crippen molar-refractivity contribution in [1.29, 1.82) is 0 Å². The Kier molecular flexibility index (Phi) is 3.93. The summed E-state index contributed by atoms with van der Waals surface area (Å²) in [6, 6.07) is 8.39. The highest BCUT2D eigenvalue weighted by Gasteiger charge is 2.12. The zero-order chi connectivity index (χ0) is 15.5. The highest BCUT2D eigenvalue weighted by molar-refractivity contribution is 5.75. The molecule has 1 N–H and O–H groups in total. The second-order valence-electron chi connectivity index (χ2n) is 4.71. The molecule has 0 bridgehead atoms. The minimum absolute atomic E-state index is 0.0865. The first kappa shape index (κ1) is 14.3. The van der Waals surface area contributed by atoms with Crippen molar-refractivity contribution in [1.82, 2.24) is 9.97 Å².